The van der Waals surface area contributed by atoms with Crippen molar-refractivity contribution in [3.8, 4) is 5.75 Å². The van der Waals surface area contributed by atoms with Gasteiger partial charge in [0.1, 0.15) is 11.5 Å². The van der Waals surface area contributed by atoms with E-state index in [1.807, 2.05) is 24.3 Å². The minimum atomic E-state index is -0.808. The number of nitrogens with zero attached hydrogens (tertiary/aromatic N) is 2. The summed E-state index contributed by atoms with van der Waals surface area (Å²) in [7, 11) is 0. The Morgan fingerprint density at radius 1 is 1.00 bits per heavy atom. The van der Waals surface area contributed by atoms with E-state index in [0.29, 0.717) is 11.1 Å². The number of aromatic amines is 1. The number of amides is 1. The second-order valence-corrected chi connectivity index (χ2v) is 7.62. The molecule has 1 amide bonds. The summed E-state index contributed by atoms with van der Waals surface area (Å²) in [4.78, 5) is 34.7. The van der Waals surface area contributed by atoms with Gasteiger partial charge in [0.2, 0.25) is 0 Å². The molecule has 1 aliphatic heterocycles. The lowest BCUT2D eigenvalue weighted by molar-refractivity contribution is -0.140. The molecule has 158 valence electrons. The van der Waals surface area contributed by atoms with Gasteiger partial charge in [-0.1, -0.05) is 30.3 Å². The summed E-state index contributed by atoms with van der Waals surface area (Å²) >= 11 is 0. The number of carbonyl (C=O) groups excluding carboxylic acids is 2. The van der Waals surface area contributed by atoms with Crippen LogP contribution in [0.5, 0.6) is 5.75 Å². The monoisotopic (exact) mass is 425 g/mol. The molecule has 1 unspecified atom stereocenters. The summed E-state index contributed by atoms with van der Waals surface area (Å²) in [5.74, 6) is -1.62. The number of Topliss-reactive ketones (excluding diaryl/α,β-unsaturated/α-hetero) is 1. The zero-order chi connectivity index (χ0) is 22.2. The number of ketones is 1. The number of fused-ring (bicyclic) bond motifs is 1. The molecule has 2 aromatic carbocycles. The summed E-state index contributed by atoms with van der Waals surface area (Å²) < 4.78 is 0. The fourth-order valence-corrected chi connectivity index (χ4v) is 4.14. The molecule has 0 bridgehead atoms. The van der Waals surface area contributed by atoms with Crippen molar-refractivity contribution in [2.45, 2.75) is 12.6 Å². The molecular formula is C25H19N3O4. The zero-order valence-electron chi connectivity index (χ0n) is 16.9. The Balaban J connectivity index is 1.69. The van der Waals surface area contributed by atoms with Gasteiger partial charge in [0, 0.05) is 41.6 Å². The predicted octanol–water partition coefficient (Wildman–Crippen LogP) is 3.89. The van der Waals surface area contributed by atoms with Crippen LogP contribution in [0.2, 0.25) is 0 Å². The van der Waals surface area contributed by atoms with Crippen LogP contribution in [0.15, 0.2) is 84.8 Å². The third-order valence-corrected chi connectivity index (χ3v) is 5.70. The van der Waals surface area contributed by atoms with E-state index in [9.17, 15) is 19.8 Å². The number of pyridine rings is 1. The normalized spacial score (nSPS) is 17.9. The van der Waals surface area contributed by atoms with E-state index in [2.05, 4.69) is 9.97 Å². The number of phenolic OH excluding ortho intramolecular Hbond substituents is 1. The van der Waals surface area contributed by atoms with Crippen molar-refractivity contribution >= 4 is 28.4 Å². The Bertz CT molecular complexity index is 1360. The highest BCUT2D eigenvalue weighted by molar-refractivity contribution is 6.46. The molecule has 1 fully saturated rings. The van der Waals surface area contributed by atoms with Crippen LogP contribution in [-0.2, 0) is 16.1 Å². The molecule has 7 nitrogen and oxygen atoms in total. The van der Waals surface area contributed by atoms with Crippen LogP contribution < -0.4 is 0 Å². The zero-order valence-corrected chi connectivity index (χ0v) is 16.9. The van der Waals surface area contributed by atoms with Crippen molar-refractivity contribution < 1.29 is 19.8 Å². The number of aromatic hydroxyl groups is 1. The molecular weight excluding hydrogens is 406 g/mol. The lowest BCUT2D eigenvalue weighted by atomic mass is 9.95. The largest absolute Gasteiger partial charge is 0.508 e. The topological polar surface area (TPSA) is 107 Å². The van der Waals surface area contributed by atoms with E-state index in [0.717, 1.165) is 16.5 Å². The molecule has 5 rings (SSSR count). The third-order valence-electron chi connectivity index (χ3n) is 5.70. The second kappa shape index (κ2) is 7.70. The summed E-state index contributed by atoms with van der Waals surface area (Å²) in [6, 6.07) is 16.4. The molecule has 7 heteroatoms. The first-order valence-electron chi connectivity index (χ1n) is 10.1. The maximum Gasteiger partial charge on any atom is 0.295 e. The maximum absolute atomic E-state index is 13.1. The minimum absolute atomic E-state index is 0.0134. The minimum Gasteiger partial charge on any atom is -0.508 e. The Labute approximate surface area is 183 Å². The first-order valence-corrected chi connectivity index (χ1v) is 10.1. The molecule has 2 aromatic heterocycles. The number of para-hydroxylation sites is 1. The van der Waals surface area contributed by atoms with Gasteiger partial charge >= 0.3 is 0 Å². The van der Waals surface area contributed by atoms with Gasteiger partial charge in [-0.3, -0.25) is 14.6 Å². The van der Waals surface area contributed by atoms with Crippen LogP contribution in [0.4, 0.5) is 0 Å². The van der Waals surface area contributed by atoms with Gasteiger partial charge in [-0.2, -0.15) is 0 Å². The molecule has 4 aromatic rings. The Hall–Kier alpha value is -4.39. The van der Waals surface area contributed by atoms with E-state index in [1.165, 1.54) is 17.0 Å². The van der Waals surface area contributed by atoms with Crippen molar-refractivity contribution in [3.05, 3.63) is 102 Å². The van der Waals surface area contributed by atoms with Crippen molar-refractivity contribution in [2.24, 2.45) is 0 Å². The molecule has 0 spiro atoms. The molecule has 0 radical (unpaired) electrons. The van der Waals surface area contributed by atoms with Gasteiger partial charge in [0.15, 0.2) is 0 Å². The van der Waals surface area contributed by atoms with E-state index >= 15 is 0 Å². The van der Waals surface area contributed by atoms with Crippen molar-refractivity contribution in [1.82, 2.24) is 14.9 Å². The fraction of sp³-hybridized carbons (Fsp3) is 0.0800. The molecule has 1 aliphatic rings. The highest BCUT2D eigenvalue weighted by Gasteiger charge is 2.46. The highest BCUT2D eigenvalue weighted by atomic mass is 16.3. The van der Waals surface area contributed by atoms with Crippen molar-refractivity contribution in [1.29, 1.82) is 0 Å². The average molecular weight is 425 g/mol. The molecule has 3 N–H and O–H groups in total. The van der Waals surface area contributed by atoms with Crippen LogP contribution in [-0.4, -0.2) is 36.8 Å². The first kappa shape index (κ1) is 19.6. The molecule has 1 saturated heterocycles. The van der Waals surface area contributed by atoms with Gasteiger partial charge in [0.05, 0.1) is 11.6 Å². The number of aliphatic hydroxyl groups is 1. The lowest BCUT2D eigenvalue weighted by Gasteiger charge is -2.25. The van der Waals surface area contributed by atoms with Crippen LogP contribution in [0.1, 0.15) is 22.7 Å². The summed E-state index contributed by atoms with van der Waals surface area (Å²) in [6.07, 6.45) is 4.87. The smallest absolute Gasteiger partial charge is 0.295 e. The SMILES string of the molecule is O=C1C(=O)N(Cc2ccncc2)C(c2ccc(O)cc2)/C1=C(/O)c1c[nH]c2ccccc12. The highest BCUT2D eigenvalue weighted by Crippen LogP contribution is 2.41. The predicted molar refractivity (Wildman–Crippen MR) is 118 cm³/mol. The molecule has 1 atom stereocenters. The maximum atomic E-state index is 13.1. The van der Waals surface area contributed by atoms with Crippen LogP contribution in [0, 0.1) is 0 Å². The number of likely N-dealkylation sites (tertiary alicyclic amines) is 1. The fourth-order valence-electron chi connectivity index (χ4n) is 4.14. The summed E-state index contributed by atoms with van der Waals surface area (Å²) in [5.41, 5.74) is 2.68. The van der Waals surface area contributed by atoms with E-state index in [1.54, 1.807) is 42.9 Å². The van der Waals surface area contributed by atoms with Gasteiger partial charge in [-0.05, 0) is 41.5 Å². The number of aliphatic hydroxyl groups excluding tert-OH is 1. The van der Waals surface area contributed by atoms with Crippen molar-refractivity contribution in [3.63, 3.8) is 0 Å². The molecule has 0 aliphatic carbocycles. The third kappa shape index (κ3) is 3.20. The number of benzene rings is 2. The number of aromatic nitrogens is 2. The number of nitrogens with one attached hydrogen (secondary N) is 1. The van der Waals surface area contributed by atoms with Gasteiger partial charge < -0.3 is 20.1 Å². The average Bonchev–Trinajstić information content (AvgIpc) is 3.35. The standard InChI is InChI=1S/C25H19N3O4/c29-17-7-5-16(6-8-17)22-21(23(30)19-13-27-20-4-2-1-3-18(19)20)24(31)25(32)28(22)14-15-9-11-26-12-10-15/h1-13,22,27,29-30H,14H2/b23-21-. The summed E-state index contributed by atoms with van der Waals surface area (Å²) in [5, 5.41) is 21.7. The van der Waals surface area contributed by atoms with Crippen LogP contribution in [0.25, 0.3) is 16.7 Å². The number of hydrogen-bond donors (Lipinski definition) is 3. The van der Waals surface area contributed by atoms with Gasteiger partial charge in [-0.25, -0.2) is 0 Å². The molecule has 0 saturated carbocycles. The quantitative estimate of drug-likeness (QED) is 0.261. The van der Waals surface area contributed by atoms with Crippen molar-refractivity contribution in [2.75, 3.05) is 0 Å². The summed E-state index contributed by atoms with van der Waals surface area (Å²) in [6.45, 7) is 0.170. The lowest BCUT2D eigenvalue weighted by Crippen LogP contribution is -2.29. The number of hydrogen-bond acceptors (Lipinski definition) is 5. The van der Waals surface area contributed by atoms with E-state index < -0.39 is 17.7 Å². The van der Waals surface area contributed by atoms with E-state index in [4.69, 9.17) is 0 Å². The number of phenols is 1. The molecule has 32 heavy (non-hydrogen) atoms. The number of H-pyrrole nitrogens is 1. The van der Waals surface area contributed by atoms with Gasteiger partial charge in [-0.15, -0.1) is 0 Å². The Morgan fingerprint density at radius 3 is 2.47 bits per heavy atom. The number of carbonyl (C=O) groups is 2. The second-order valence-electron chi connectivity index (χ2n) is 7.62. The first-order chi connectivity index (χ1) is 15.5. The Morgan fingerprint density at radius 2 is 1.72 bits per heavy atom. The van der Waals surface area contributed by atoms with Gasteiger partial charge in [0.25, 0.3) is 11.7 Å². The van der Waals surface area contributed by atoms with Crippen LogP contribution in [0.3, 0.4) is 0 Å². The van der Waals surface area contributed by atoms with E-state index in [-0.39, 0.29) is 23.6 Å². The Kier molecular flexibility index (Phi) is 4.71. The number of rotatable bonds is 4. The van der Waals surface area contributed by atoms with Crippen LogP contribution >= 0.6 is 0 Å². The molecule has 3 heterocycles.